The lowest BCUT2D eigenvalue weighted by molar-refractivity contribution is -0.167. The van der Waals surface area contributed by atoms with Gasteiger partial charge in [0.25, 0.3) is 0 Å². The van der Waals surface area contributed by atoms with E-state index in [1.165, 1.54) is 0 Å². The monoisotopic (exact) mass is 899 g/mol. The SMILES string of the molecule is CC/C=C\C/C=C\C/C=C\C/C=C\CCCCCCC(=O)OC(COC(=O)CCCCCCC/C=C\C/C=C\C/C=C\CC)COC(=O)CCCCCCC/C=C\C/C=C\C/C=C\CC. The van der Waals surface area contributed by atoms with E-state index >= 15 is 0 Å². The first-order chi connectivity index (χ1) is 32.0. The average Bonchev–Trinajstić information content (AvgIpc) is 3.30. The van der Waals surface area contributed by atoms with E-state index in [-0.39, 0.29) is 37.5 Å². The third kappa shape index (κ3) is 50.7. The van der Waals surface area contributed by atoms with E-state index in [0.29, 0.717) is 12.8 Å². The molecule has 0 unspecified atom stereocenters. The zero-order valence-electron chi connectivity index (χ0n) is 41.7. The standard InChI is InChI=1S/C59H94O6/c1-4-7-10-13-16-19-22-25-28-29-32-35-38-41-44-47-50-53-59(62)65-56(54-63-57(60)51-48-45-42-39-36-33-30-26-23-20-17-14-11-8-5-2)55-64-58(61)52-49-46-43-40-37-34-31-27-24-21-18-15-12-9-6-3/h7-12,16-21,25-28,30-32,35,56H,4-6,13-15,22-24,29,33-34,36-55H2,1-3H3/b10-7-,11-8-,12-9-,19-16-,20-17-,21-18-,28-25-,30-26-,31-27-,35-32-. The summed E-state index contributed by atoms with van der Waals surface area (Å²) in [6.07, 6.45) is 71.8. The molecule has 0 spiro atoms. The molecule has 6 heteroatoms. The summed E-state index contributed by atoms with van der Waals surface area (Å²) in [6, 6.07) is 0. The Morgan fingerprint density at radius 3 is 0.862 bits per heavy atom. The lowest BCUT2D eigenvalue weighted by Gasteiger charge is -2.18. The summed E-state index contributed by atoms with van der Waals surface area (Å²) in [6.45, 7) is 6.23. The molecule has 65 heavy (non-hydrogen) atoms. The van der Waals surface area contributed by atoms with Crippen molar-refractivity contribution >= 4 is 17.9 Å². The number of hydrogen-bond donors (Lipinski definition) is 0. The van der Waals surface area contributed by atoms with E-state index in [0.717, 1.165) is 173 Å². The molecule has 366 valence electrons. The fraction of sp³-hybridized carbons (Fsp3) is 0.610. The Hall–Kier alpha value is -4.19. The summed E-state index contributed by atoms with van der Waals surface area (Å²) >= 11 is 0. The first-order valence-corrected chi connectivity index (χ1v) is 26.0. The molecule has 0 aromatic rings. The maximum absolute atomic E-state index is 12.8. The normalized spacial score (nSPS) is 12.7. The van der Waals surface area contributed by atoms with Crippen LogP contribution in [-0.2, 0) is 28.6 Å². The molecule has 0 bridgehead atoms. The topological polar surface area (TPSA) is 78.9 Å². The van der Waals surface area contributed by atoms with E-state index < -0.39 is 6.10 Å². The lowest BCUT2D eigenvalue weighted by atomic mass is 10.1. The molecule has 0 rings (SSSR count). The van der Waals surface area contributed by atoms with Crippen LogP contribution < -0.4 is 0 Å². The first kappa shape index (κ1) is 60.8. The minimum absolute atomic E-state index is 0.106. The number of ether oxygens (including phenoxy) is 3. The van der Waals surface area contributed by atoms with Crippen molar-refractivity contribution in [3.8, 4) is 0 Å². The third-order valence-corrected chi connectivity index (χ3v) is 10.4. The highest BCUT2D eigenvalue weighted by atomic mass is 16.6. The van der Waals surface area contributed by atoms with Gasteiger partial charge >= 0.3 is 17.9 Å². The van der Waals surface area contributed by atoms with Gasteiger partial charge in [0, 0.05) is 19.3 Å². The van der Waals surface area contributed by atoms with Crippen LogP contribution in [0.25, 0.3) is 0 Å². The van der Waals surface area contributed by atoms with E-state index in [1.54, 1.807) is 0 Å². The number of esters is 3. The fourth-order valence-electron chi connectivity index (χ4n) is 6.64. The molecule has 6 nitrogen and oxygen atoms in total. The Morgan fingerprint density at radius 2 is 0.554 bits per heavy atom. The molecule has 0 amide bonds. The van der Waals surface area contributed by atoms with Gasteiger partial charge in [0.05, 0.1) is 0 Å². The van der Waals surface area contributed by atoms with Crippen molar-refractivity contribution in [2.45, 2.75) is 219 Å². The van der Waals surface area contributed by atoms with E-state index in [1.807, 2.05) is 0 Å². The minimum Gasteiger partial charge on any atom is -0.462 e. The van der Waals surface area contributed by atoms with Gasteiger partial charge in [-0.25, -0.2) is 0 Å². The van der Waals surface area contributed by atoms with Crippen LogP contribution in [-0.4, -0.2) is 37.2 Å². The van der Waals surface area contributed by atoms with Crippen molar-refractivity contribution in [2.75, 3.05) is 13.2 Å². The van der Waals surface area contributed by atoms with Gasteiger partial charge < -0.3 is 14.2 Å². The van der Waals surface area contributed by atoms with Crippen molar-refractivity contribution in [3.63, 3.8) is 0 Å². The van der Waals surface area contributed by atoms with Gasteiger partial charge in [-0.15, -0.1) is 0 Å². The van der Waals surface area contributed by atoms with Crippen LogP contribution in [0.3, 0.4) is 0 Å². The Morgan fingerprint density at radius 1 is 0.308 bits per heavy atom. The van der Waals surface area contributed by atoms with Gasteiger partial charge in [0.2, 0.25) is 0 Å². The molecular formula is C59H94O6. The smallest absolute Gasteiger partial charge is 0.306 e. The molecule has 0 radical (unpaired) electrons. The number of rotatable bonds is 45. The van der Waals surface area contributed by atoms with Gasteiger partial charge in [0.15, 0.2) is 6.10 Å². The predicted molar refractivity (Wildman–Crippen MR) is 279 cm³/mol. The second-order valence-corrected chi connectivity index (χ2v) is 16.6. The molecular weight excluding hydrogens is 805 g/mol. The number of carbonyl (C=O) groups excluding carboxylic acids is 3. The predicted octanol–water partition coefficient (Wildman–Crippen LogP) is 17.3. The molecule has 0 aliphatic carbocycles. The summed E-state index contributed by atoms with van der Waals surface area (Å²) in [5.74, 6) is -0.970. The number of carbonyl (C=O) groups is 3. The molecule has 0 atom stereocenters. The molecule has 0 saturated heterocycles. The zero-order chi connectivity index (χ0) is 47.2. The number of hydrogen-bond acceptors (Lipinski definition) is 6. The van der Waals surface area contributed by atoms with Crippen LogP contribution in [0.2, 0.25) is 0 Å². The third-order valence-electron chi connectivity index (χ3n) is 10.4. The second-order valence-electron chi connectivity index (χ2n) is 16.6. The largest absolute Gasteiger partial charge is 0.462 e. The van der Waals surface area contributed by atoms with Gasteiger partial charge in [-0.1, -0.05) is 194 Å². The van der Waals surface area contributed by atoms with Crippen molar-refractivity contribution in [2.24, 2.45) is 0 Å². The zero-order valence-corrected chi connectivity index (χ0v) is 41.7. The van der Waals surface area contributed by atoms with Crippen molar-refractivity contribution in [1.29, 1.82) is 0 Å². The van der Waals surface area contributed by atoms with Crippen LogP contribution in [0.5, 0.6) is 0 Å². The summed E-state index contributed by atoms with van der Waals surface area (Å²) in [7, 11) is 0. The molecule has 0 aliphatic rings. The molecule has 0 aliphatic heterocycles. The first-order valence-electron chi connectivity index (χ1n) is 26.0. The van der Waals surface area contributed by atoms with Gasteiger partial charge in [-0.2, -0.15) is 0 Å². The molecule has 0 aromatic heterocycles. The highest BCUT2D eigenvalue weighted by molar-refractivity contribution is 5.71. The summed E-state index contributed by atoms with van der Waals surface area (Å²) < 4.78 is 16.8. The Labute approximate surface area is 399 Å². The highest BCUT2D eigenvalue weighted by Gasteiger charge is 2.19. The summed E-state index contributed by atoms with van der Waals surface area (Å²) in [5.41, 5.74) is 0. The van der Waals surface area contributed by atoms with Crippen LogP contribution >= 0.6 is 0 Å². The summed E-state index contributed by atoms with van der Waals surface area (Å²) in [5, 5.41) is 0. The van der Waals surface area contributed by atoms with Gasteiger partial charge in [-0.05, 0) is 122 Å². The minimum atomic E-state index is -0.809. The number of unbranched alkanes of at least 4 members (excludes halogenated alkanes) is 14. The van der Waals surface area contributed by atoms with E-state index in [9.17, 15) is 14.4 Å². The molecule has 0 heterocycles. The van der Waals surface area contributed by atoms with E-state index in [4.69, 9.17) is 14.2 Å². The van der Waals surface area contributed by atoms with Crippen LogP contribution in [0.4, 0.5) is 0 Å². The Balaban J connectivity index is 4.52. The fourth-order valence-corrected chi connectivity index (χ4v) is 6.64. The van der Waals surface area contributed by atoms with Crippen LogP contribution in [0.15, 0.2) is 122 Å². The van der Waals surface area contributed by atoms with E-state index in [2.05, 4.69) is 142 Å². The molecule has 0 aromatic carbocycles. The maximum Gasteiger partial charge on any atom is 0.306 e. The van der Waals surface area contributed by atoms with Crippen LogP contribution in [0, 0.1) is 0 Å². The quantitative estimate of drug-likeness (QED) is 0.0262. The lowest BCUT2D eigenvalue weighted by Crippen LogP contribution is -2.30. The van der Waals surface area contributed by atoms with Gasteiger partial charge in [-0.3, -0.25) is 14.4 Å². The van der Waals surface area contributed by atoms with Crippen LogP contribution in [0.1, 0.15) is 213 Å². The second kappa shape index (κ2) is 52.4. The van der Waals surface area contributed by atoms with Crippen molar-refractivity contribution in [3.05, 3.63) is 122 Å². The van der Waals surface area contributed by atoms with Gasteiger partial charge in [0.1, 0.15) is 13.2 Å². The molecule has 0 N–H and O–H groups in total. The van der Waals surface area contributed by atoms with Crippen molar-refractivity contribution < 1.29 is 28.6 Å². The maximum atomic E-state index is 12.8. The van der Waals surface area contributed by atoms with Crippen molar-refractivity contribution in [1.82, 2.24) is 0 Å². The highest BCUT2D eigenvalue weighted by Crippen LogP contribution is 2.13. The Kier molecular flexibility index (Phi) is 49.1. The summed E-state index contributed by atoms with van der Waals surface area (Å²) in [4.78, 5) is 38.0. The molecule has 0 fully saturated rings. The molecule has 0 saturated carbocycles. The number of allylic oxidation sites excluding steroid dienone is 20. The average molecular weight is 899 g/mol. The Bertz CT molecular complexity index is 1340.